The normalized spacial score (nSPS) is 10.5. The van der Waals surface area contributed by atoms with Gasteiger partial charge in [0.1, 0.15) is 0 Å². The summed E-state index contributed by atoms with van der Waals surface area (Å²) in [7, 11) is 0. The maximum absolute atomic E-state index is 4.73. The van der Waals surface area contributed by atoms with Crippen LogP contribution in [0.3, 0.4) is 0 Å². The van der Waals surface area contributed by atoms with E-state index in [1.807, 2.05) is 18.3 Å². The molecule has 0 amide bonds. The van der Waals surface area contributed by atoms with Crippen LogP contribution in [0.1, 0.15) is 30.8 Å². The molecule has 0 aliphatic rings. The fourth-order valence-corrected chi connectivity index (χ4v) is 2.02. The minimum atomic E-state index is 0.940. The maximum atomic E-state index is 4.73. The summed E-state index contributed by atoms with van der Waals surface area (Å²) in [5, 5.41) is 0. The quantitative estimate of drug-likeness (QED) is 0.799. The third-order valence-corrected chi connectivity index (χ3v) is 3.02. The second-order valence-electron chi connectivity index (χ2n) is 4.17. The Labute approximate surface area is 103 Å². The van der Waals surface area contributed by atoms with Crippen LogP contribution in [0.15, 0.2) is 30.5 Å². The van der Waals surface area contributed by atoms with Gasteiger partial charge in [0.15, 0.2) is 0 Å². The zero-order valence-electron chi connectivity index (χ0n) is 10.7. The first-order valence-electron chi connectivity index (χ1n) is 6.17. The summed E-state index contributed by atoms with van der Waals surface area (Å²) in [4.78, 5) is 9.25. The van der Waals surface area contributed by atoms with Gasteiger partial charge < -0.3 is 0 Å². The van der Waals surface area contributed by atoms with Gasteiger partial charge >= 0.3 is 0 Å². The van der Waals surface area contributed by atoms with Gasteiger partial charge in [0.25, 0.3) is 0 Å². The van der Waals surface area contributed by atoms with E-state index in [0.717, 1.165) is 29.9 Å². The minimum absolute atomic E-state index is 0.940. The van der Waals surface area contributed by atoms with Gasteiger partial charge in [0.2, 0.25) is 0 Å². The first kappa shape index (κ1) is 11.8. The molecule has 0 unspecified atom stereocenters. The number of aryl methyl sites for hydroxylation is 3. The first-order chi connectivity index (χ1) is 8.26. The molecule has 0 spiro atoms. The van der Waals surface area contributed by atoms with E-state index in [1.54, 1.807) is 0 Å². The minimum Gasteiger partial charge on any atom is -0.257 e. The van der Waals surface area contributed by atoms with Crippen LogP contribution in [0.4, 0.5) is 0 Å². The van der Waals surface area contributed by atoms with Crippen molar-refractivity contribution in [3.05, 3.63) is 47.4 Å². The Morgan fingerprint density at radius 2 is 1.71 bits per heavy atom. The zero-order valence-corrected chi connectivity index (χ0v) is 10.7. The Bertz CT molecular complexity index is 518. The molecule has 0 saturated heterocycles. The van der Waals surface area contributed by atoms with Crippen molar-refractivity contribution in [2.24, 2.45) is 0 Å². The number of nitrogens with zero attached hydrogens (tertiary/aromatic N) is 2. The topological polar surface area (TPSA) is 25.8 Å². The van der Waals surface area contributed by atoms with E-state index in [2.05, 4.69) is 37.9 Å². The molecule has 1 aromatic heterocycles. The average molecular weight is 226 g/mol. The van der Waals surface area contributed by atoms with Crippen LogP contribution in [-0.2, 0) is 12.8 Å². The molecule has 0 radical (unpaired) electrons. The fourth-order valence-electron chi connectivity index (χ4n) is 2.02. The molecule has 2 nitrogen and oxygen atoms in total. The van der Waals surface area contributed by atoms with E-state index in [4.69, 9.17) is 4.98 Å². The smallest absolute Gasteiger partial charge is 0.0891 e. The van der Waals surface area contributed by atoms with Crippen LogP contribution in [0, 0.1) is 6.92 Å². The number of aromatic nitrogens is 2. The highest BCUT2D eigenvalue weighted by atomic mass is 14.8. The number of rotatable bonds is 3. The molecular formula is C15H18N2. The highest BCUT2D eigenvalue weighted by Gasteiger charge is 2.07. The summed E-state index contributed by atoms with van der Waals surface area (Å²) < 4.78 is 0. The number of hydrogen-bond donors (Lipinski definition) is 0. The largest absolute Gasteiger partial charge is 0.257 e. The monoisotopic (exact) mass is 226 g/mol. The fraction of sp³-hybridized carbons (Fsp3) is 0.333. The van der Waals surface area contributed by atoms with Crippen molar-refractivity contribution < 1.29 is 0 Å². The van der Waals surface area contributed by atoms with Gasteiger partial charge in [-0.1, -0.05) is 38.1 Å². The SMILES string of the molecule is CCc1ncc(-c2ccccc2C)nc1CC. The van der Waals surface area contributed by atoms with Crippen LogP contribution < -0.4 is 0 Å². The van der Waals surface area contributed by atoms with Gasteiger partial charge in [-0.05, 0) is 25.3 Å². The van der Waals surface area contributed by atoms with Crippen LogP contribution >= 0.6 is 0 Å². The van der Waals surface area contributed by atoms with E-state index in [9.17, 15) is 0 Å². The third-order valence-electron chi connectivity index (χ3n) is 3.02. The lowest BCUT2D eigenvalue weighted by Gasteiger charge is -2.08. The molecular weight excluding hydrogens is 208 g/mol. The Hall–Kier alpha value is -1.70. The number of hydrogen-bond acceptors (Lipinski definition) is 2. The number of benzene rings is 1. The van der Waals surface area contributed by atoms with Crippen molar-refractivity contribution in [2.75, 3.05) is 0 Å². The Morgan fingerprint density at radius 1 is 1.00 bits per heavy atom. The lowest BCUT2D eigenvalue weighted by atomic mass is 10.1. The summed E-state index contributed by atoms with van der Waals surface area (Å²) in [5.74, 6) is 0. The second kappa shape index (κ2) is 5.09. The molecule has 88 valence electrons. The Morgan fingerprint density at radius 3 is 2.35 bits per heavy atom. The van der Waals surface area contributed by atoms with Crippen LogP contribution in [-0.4, -0.2) is 9.97 Å². The third kappa shape index (κ3) is 2.36. The summed E-state index contributed by atoms with van der Waals surface area (Å²) in [6.07, 6.45) is 3.78. The molecule has 0 aliphatic carbocycles. The summed E-state index contributed by atoms with van der Waals surface area (Å²) in [5.41, 5.74) is 5.64. The molecule has 0 bridgehead atoms. The van der Waals surface area contributed by atoms with Crippen molar-refractivity contribution in [2.45, 2.75) is 33.6 Å². The van der Waals surface area contributed by atoms with Crippen molar-refractivity contribution >= 4 is 0 Å². The molecule has 2 rings (SSSR count). The van der Waals surface area contributed by atoms with E-state index < -0.39 is 0 Å². The molecule has 1 aromatic carbocycles. The van der Waals surface area contributed by atoms with E-state index >= 15 is 0 Å². The van der Waals surface area contributed by atoms with Crippen LogP contribution in [0.2, 0.25) is 0 Å². The molecule has 0 atom stereocenters. The van der Waals surface area contributed by atoms with Crippen molar-refractivity contribution in [1.82, 2.24) is 9.97 Å². The highest BCUT2D eigenvalue weighted by molar-refractivity contribution is 5.62. The van der Waals surface area contributed by atoms with Gasteiger partial charge in [0.05, 0.1) is 23.3 Å². The van der Waals surface area contributed by atoms with Crippen LogP contribution in [0.5, 0.6) is 0 Å². The lowest BCUT2D eigenvalue weighted by Crippen LogP contribution is -2.01. The van der Waals surface area contributed by atoms with E-state index in [0.29, 0.717) is 0 Å². The summed E-state index contributed by atoms with van der Waals surface area (Å²) >= 11 is 0. The summed E-state index contributed by atoms with van der Waals surface area (Å²) in [6.45, 7) is 6.36. The van der Waals surface area contributed by atoms with Gasteiger partial charge in [-0.15, -0.1) is 0 Å². The molecule has 0 aliphatic heterocycles. The standard InChI is InChI=1S/C15H18N2/c1-4-13-14(5-2)17-15(10-16-13)12-9-7-6-8-11(12)3/h6-10H,4-5H2,1-3H3. The predicted octanol–water partition coefficient (Wildman–Crippen LogP) is 3.58. The molecule has 1 heterocycles. The average Bonchev–Trinajstić information content (AvgIpc) is 2.38. The first-order valence-corrected chi connectivity index (χ1v) is 6.17. The van der Waals surface area contributed by atoms with E-state index in [1.165, 1.54) is 11.1 Å². The van der Waals surface area contributed by atoms with Gasteiger partial charge in [-0.25, -0.2) is 4.98 Å². The molecule has 0 N–H and O–H groups in total. The highest BCUT2D eigenvalue weighted by Crippen LogP contribution is 2.21. The molecule has 17 heavy (non-hydrogen) atoms. The maximum Gasteiger partial charge on any atom is 0.0891 e. The molecule has 0 fully saturated rings. The van der Waals surface area contributed by atoms with Crippen molar-refractivity contribution in [3.63, 3.8) is 0 Å². The van der Waals surface area contributed by atoms with E-state index in [-0.39, 0.29) is 0 Å². The Kier molecular flexibility index (Phi) is 3.52. The molecule has 2 heteroatoms. The van der Waals surface area contributed by atoms with Gasteiger partial charge in [-0.3, -0.25) is 4.98 Å². The lowest BCUT2D eigenvalue weighted by molar-refractivity contribution is 0.907. The Balaban J connectivity index is 2.50. The van der Waals surface area contributed by atoms with Gasteiger partial charge in [0, 0.05) is 5.56 Å². The van der Waals surface area contributed by atoms with Gasteiger partial charge in [-0.2, -0.15) is 0 Å². The predicted molar refractivity (Wildman–Crippen MR) is 71.0 cm³/mol. The second-order valence-corrected chi connectivity index (χ2v) is 4.17. The molecule has 0 saturated carbocycles. The summed E-state index contributed by atoms with van der Waals surface area (Å²) in [6, 6.07) is 8.30. The van der Waals surface area contributed by atoms with Crippen molar-refractivity contribution in [1.29, 1.82) is 0 Å². The zero-order chi connectivity index (χ0) is 12.3. The van der Waals surface area contributed by atoms with Crippen molar-refractivity contribution in [3.8, 4) is 11.3 Å². The molecule has 2 aromatic rings. The van der Waals surface area contributed by atoms with Crippen LogP contribution in [0.25, 0.3) is 11.3 Å².